The lowest BCUT2D eigenvalue weighted by atomic mass is 10.2. The van der Waals surface area contributed by atoms with Gasteiger partial charge >= 0.3 is 0 Å². The van der Waals surface area contributed by atoms with Crippen molar-refractivity contribution in [3.05, 3.63) is 52.0 Å². The smallest absolute Gasteiger partial charge is 0.255 e. The van der Waals surface area contributed by atoms with Crippen LogP contribution in [0.3, 0.4) is 0 Å². The molecule has 0 aromatic heterocycles. The molecule has 0 atom stereocenters. The van der Waals surface area contributed by atoms with Gasteiger partial charge < -0.3 is 20.5 Å². The van der Waals surface area contributed by atoms with E-state index < -0.39 is 0 Å². The number of nitrogens with one attached hydrogen (secondary N) is 1. The summed E-state index contributed by atoms with van der Waals surface area (Å²) in [5, 5.41) is 3.28. The van der Waals surface area contributed by atoms with Crippen LogP contribution >= 0.6 is 23.2 Å². The highest BCUT2D eigenvalue weighted by molar-refractivity contribution is 6.37. The minimum Gasteiger partial charge on any atom is -0.494 e. The van der Waals surface area contributed by atoms with Crippen molar-refractivity contribution in [2.24, 2.45) is 5.73 Å². The molecule has 0 aliphatic rings. The Morgan fingerprint density at radius 2 is 1.88 bits per heavy atom. The van der Waals surface area contributed by atoms with Crippen molar-refractivity contribution in [3.63, 3.8) is 0 Å². The Morgan fingerprint density at radius 1 is 1.17 bits per heavy atom. The van der Waals surface area contributed by atoms with E-state index in [2.05, 4.69) is 5.32 Å². The van der Waals surface area contributed by atoms with Crippen LogP contribution in [0.15, 0.2) is 36.4 Å². The fourth-order valence-corrected chi connectivity index (χ4v) is 2.62. The van der Waals surface area contributed by atoms with Gasteiger partial charge in [0.25, 0.3) is 5.91 Å². The molecule has 0 radical (unpaired) electrons. The van der Waals surface area contributed by atoms with Gasteiger partial charge in [-0.05, 0) is 31.2 Å². The third-order valence-electron chi connectivity index (χ3n) is 3.03. The highest BCUT2D eigenvalue weighted by atomic mass is 35.5. The molecule has 0 heterocycles. The van der Waals surface area contributed by atoms with Crippen molar-refractivity contribution in [2.45, 2.75) is 6.92 Å². The Balaban J connectivity index is 2.16. The van der Waals surface area contributed by atoms with Crippen LogP contribution in [0.4, 0.5) is 5.69 Å². The molecule has 3 N–H and O–H groups in total. The molecule has 0 saturated carbocycles. The van der Waals surface area contributed by atoms with E-state index in [1.807, 2.05) is 13.0 Å². The topological polar surface area (TPSA) is 73.6 Å². The Hall–Kier alpha value is -1.95. The average Bonchev–Trinajstić information content (AvgIpc) is 2.54. The summed E-state index contributed by atoms with van der Waals surface area (Å²) in [6.45, 7) is 3.07. The Bertz CT molecular complexity index is 700. The highest BCUT2D eigenvalue weighted by Crippen LogP contribution is 2.34. The van der Waals surface area contributed by atoms with Gasteiger partial charge in [0.15, 0.2) is 5.75 Å². The zero-order valence-corrected chi connectivity index (χ0v) is 14.7. The van der Waals surface area contributed by atoms with Gasteiger partial charge in [-0.25, -0.2) is 0 Å². The van der Waals surface area contributed by atoms with Gasteiger partial charge in [-0.1, -0.05) is 29.3 Å². The van der Waals surface area contributed by atoms with Crippen LogP contribution in [0.5, 0.6) is 11.5 Å². The molecule has 2 rings (SSSR count). The first-order valence-electron chi connectivity index (χ1n) is 7.41. The second-order valence-electron chi connectivity index (χ2n) is 4.82. The number of carbonyl (C=O) groups excluding carboxylic acids is 1. The number of amides is 1. The number of benzene rings is 2. The molecule has 24 heavy (non-hydrogen) atoms. The lowest BCUT2D eigenvalue weighted by molar-refractivity contribution is 0.102. The van der Waals surface area contributed by atoms with Crippen molar-refractivity contribution in [1.29, 1.82) is 0 Å². The summed E-state index contributed by atoms with van der Waals surface area (Å²) in [5.74, 6) is 0.661. The fraction of sp³-hybridized carbons (Fsp3) is 0.235. The maximum absolute atomic E-state index is 12.4. The molecule has 0 unspecified atom stereocenters. The number of carbonyl (C=O) groups is 1. The van der Waals surface area contributed by atoms with E-state index in [4.69, 9.17) is 38.4 Å². The van der Waals surface area contributed by atoms with E-state index in [-0.39, 0.29) is 22.6 Å². The summed E-state index contributed by atoms with van der Waals surface area (Å²) in [5.41, 5.74) is 6.33. The minimum atomic E-state index is -0.335. The number of rotatable bonds is 7. The highest BCUT2D eigenvalue weighted by Gasteiger charge is 2.14. The molecule has 5 nitrogen and oxygen atoms in total. The second kappa shape index (κ2) is 8.78. The number of hydrogen-bond donors (Lipinski definition) is 2. The molecule has 0 saturated heterocycles. The Labute approximate surface area is 150 Å². The largest absolute Gasteiger partial charge is 0.494 e. The van der Waals surface area contributed by atoms with Gasteiger partial charge in [0.2, 0.25) is 0 Å². The van der Waals surface area contributed by atoms with Gasteiger partial charge in [-0.3, -0.25) is 4.79 Å². The van der Waals surface area contributed by atoms with E-state index in [0.717, 1.165) is 0 Å². The molecule has 2 aromatic rings. The summed E-state index contributed by atoms with van der Waals surface area (Å²) < 4.78 is 10.8. The second-order valence-corrected chi connectivity index (χ2v) is 5.64. The Morgan fingerprint density at radius 3 is 2.50 bits per heavy atom. The maximum Gasteiger partial charge on any atom is 0.255 e. The number of halogens is 2. The van der Waals surface area contributed by atoms with Crippen molar-refractivity contribution in [1.82, 2.24) is 0 Å². The summed E-state index contributed by atoms with van der Waals surface area (Å²) in [7, 11) is 0. The molecule has 0 aliphatic carbocycles. The number of nitrogens with two attached hydrogens (primary N) is 1. The van der Waals surface area contributed by atoms with Crippen LogP contribution in [-0.2, 0) is 0 Å². The molecular weight excluding hydrogens is 351 g/mol. The van der Waals surface area contributed by atoms with Crippen LogP contribution in [0.25, 0.3) is 0 Å². The molecule has 2 aromatic carbocycles. The van der Waals surface area contributed by atoms with E-state index in [1.165, 1.54) is 12.1 Å². The average molecular weight is 369 g/mol. The molecule has 1 amide bonds. The van der Waals surface area contributed by atoms with E-state index in [9.17, 15) is 4.79 Å². The first-order valence-corrected chi connectivity index (χ1v) is 8.17. The van der Waals surface area contributed by atoms with Crippen LogP contribution in [-0.4, -0.2) is 25.7 Å². The van der Waals surface area contributed by atoms with Crippen molar-refractivity contribution < 1.29 is 14.3 Å². The zero-order valence-electron chi connectivity index (χ0n) is 13.1. The SMILES string of the molecule is CCOc1cccc(NC(=O)c2cc(Cl)c(OCCN)c(Cl)c2)c1. The summed E-state index contributed by atoms with van der Waals surface area (Å²) in [6.07, 6.45) is 0. The summed E-state index contributed by atoms with van der Waals surface area (Å²) >= 11 is 12.3. The van der Waals surface area contributed by atoms with Gasteiger partial charge in [-0.15, -0.1) is 0 Å². The lowest BCUT2D eigenvalue weighted by Gasteiger charge is -2.12. The molecule has 0 aliphatic heterocycles. The Kier molecular flexibility index (Phi) is 6.73. The normalized spacial score (nSPS) is 10.3. The molecule has 0 fully saturated rings. The summed E-state index contributed by atoms with van der Waals surface area (Å²) in [4.78, 5) is 12.4. The molecular formula is C17H18Cl2N2O3. The molecule has 7 heteroatoms. The van der Waals surface area contributed by atoms with Gasteiger partial charge in [0, 0.05) is 23.9 Å². The van der Waals surface area contributed by atoms with Gasteiger partial charge in [-0.2, -0.15) is 0 Å². The standard InChI is InChI=1S/C17H18Cl2N2O3/c1-2-23-13-5-3-4-12(10-13)21-17(22)11-8-14(18)16(15(19)9-11)24-7-6-20/h3-5,8-10H,2,6-7,20H2,1H3,(H,21,22). The van der Waals surface area contributed by atoms with Gasteiger partial charge in [0.1, 0.15) is 12.4 Å². The van der Waals surface area contributed by atoms with Gasteiger partial charge in [0.05, 0.1) is 16.7 Å². The third kappa shape index (κ3) is 4.77. The van der Waals surface area contributed by atoms with Crippen LogP contribution < -0.4 is 20.5 Å². The predicted octanol–water partition coefficient (Wildman–Crippen LogP) is 3.98. The molecule has 0 bridgehead atoms. The number of ether oxygens (including phenoxy) is 2. The van der Waals surface area contributed by atoms with Crippen molar-refractivity contribution in [2.75, 3.05) is 25.1 Å². The van der Waals surface area contributed by atoms with E-state index in [1.54, 1.807) is 18.2 Å². The molecule has 0 spiro atoms. The quantitative estimate of drug-likeness (QED) is 0.774. The zero-order chi connectivity index (χ0) is 17.5. The fourth-order valence-electron chi connectivity index (χ4n) is 2.02. The minimum absolute atomic E-state index is 0.254. The van der Waals surface area contributed by atoms with E-state index >= 15 is 0 Å². The lowest BCUT2D eigenvalue weighted by Crippen LogP contribution is -2.13. The van der Waals surface area contributed by atoms with Crippen LogP contribution in [0.2, 0.25) is 10.0 Å². The predicted molar refractivity (Wildman–Crippen MR) is 96.6 cm³/mol. The molecule has 128 valence electrons. The number of anilines is 1. The van der Waals surface area contributed by atoms with Crippen molar-refractivity contribution in [3.8, 4) is 11.5 Å². The first-order chi connectivity index (χ1) is 11.5. The van der Waals surface area contributed by atoms with Crippen LogP contribution in [0, 0.1) is 0 Å². The summed E-state index contributed by atoms with van der Waals surface area (Å²) in [6, 6.07) is 10.1. The third-order valence-corrected chi connectivity index (χ3v) is 3.59. The van der Waals surface area contributed by atoms with Crippen molar-refractivity contribution >= 4 is 34.8 Å². The maximum atomic E-state index is 12.4. The number of hydrogen-bond acceptors (Lipinski definition) is 4. The monoisotopic (exact) mass is 368 g/mol. The van der Waals surface area contributed by atoms with Crippen LogP contribution in [0.1, 0.15) is 17.3 Å². The van der Waals surface area contributed by atoms with E-state index in [0.29, 0.717) is 35.9 Å². The first kappa shape index (κ1) is 18.4.